The zero-order chi connectivity index (χ0) is 21.5. The standard InChI is InChI=1S/C24H24FN3O3/c25-19-12-9-18(10-13-19)11-14-22-26-24(27-31-22)20-7-3-4-8-21(20)30-17-23(29)28-15-5-1-2-6-16-28/h3-4,7-14H,1-2,5-6,15-17H2/b14-11+. The van der Waals surface area contributed by atoms with Gasteiger partial charge in [-0.15, -0.1) is 0 Å². The summed E-state index contributed by atoms with van der Waals surface area (Å²) in [4.78, 5) is 18.8. The first-order chi connectivity index (χ1) is 15.2. The van der Waals surface area contributed by atoms with Crippen molar-refractivity contribution in [3.8, 4) is 17.1 Å². The van der Waals surface area contributed by atoms with E-state index in [1.54, 1.807) is 30.4 Å². The van der Waals surface area contributed by atoms with Gasteiger partial charge in [0.1, 0.15) is 11.6 Å². The van der Waals surface area contributed by atoms with Crippen LogP contribution < -0.4 is 4.74 Å². The third-order valence-corrected chi connectivity index (χ3v) is 5.17. The Morgan fingerprint density at radius 2 is 1.77 bits per heavy atom. The van der Waals surface area contributed by atoms with Crippen LogP contribution in [0, 0.1) is 5.82 Å². The molecule has 1 aromatic heterocycles. The summed E-state index contributed by atoms with van der Waals surface area (Å²) in [5, 5.41) is 4.03. The molecule has 2 heterocycles. The van der Waals surface area contributed by atoms with E-state index in [1.165, 1.54) is 25.0 Å². The van der Waals surface area contributed by atoms with Crippen molar-refractivity contribution in [2.24, 2.45) is 0 Å². The van der Waals surface area contributed by atoms with Gasteiger partial charge in [0, 0.05) is 19.2 Å². The number of hydrogen-bond acceptors (Lipinski definition) is 5. The van der Waals surface area contributed by atoms with Gasteiger partial charge in [0.2, 0.25) is 5.82 Å². The highest BCUT2D eigenvalue weighted by Gasteiger charge is 2.18. The van der Waals surface area contributed by atoms with Gasteiger partial charge in [-0.3, -0.25) is 4.79 Å². The largest absolute Gasteiger partial charge is 0.483 e. The zero-order valence-electron chi connectivity index (χ0n) is 17.2. The molecule has 31 heavy (non-hydrogen) atoms. The van der Waals surface area contributed by atoms with Crippen molar-refractivity contribution in [3.05, 3.63) is 65.8 Å². The molecular weight excluding hydrogens is 397 g/mol. The van der Waals surface area contributed by atoms with Crippen LogP contribution in [0.25, 0.3) is 23.5 Å². The molecule has 0 atom stereocenters. The molecule has 7 heteroatoms. The lowest BCUT2D eigenvalue weighted by Crippen LogP contribution is -2.35. The number of aromatic nitrogens is 2. The molecule has 1 fully saturated rings. The number of hydrogen-bond donors (Lipinski definition) is 0. The summed E-state index contributed by atoms with van der Waals surface area (Å²) in [6, 6.07) is 13.4. The predicted octanol–water partition coefficient (Wildman–Crippen LogP) is 4.83. The van der Waals surface area contributed by atoms with Gasteiger partial charge in [-0.1, -0.05) is 42.3 Å². The van der Waals surface area contributed by atoms with Gasteiger partial charge in [-0.2, -0.15) is 4.98 Å². The molecule has 0 saturated carbocycles. The molecule has 6 nitrogen and oxygen atoms in total. The van der Waals surface area contributed by atoms with Gasteiger partial charge in [0.05, 0.1) is 5.56 Å². The van der Waals surface area contributed by atoms with Gasteiger partial charge >= 0.3 is 0 Å². The van der Waals surface area contributed by atoms with E-state index in [-0.39, 0.29) is 18.3 Å². The van der Waals surface area contributed by atoms with Crippen LogP contribution >= 0.6 is 0 Å². The van der Waals surface area contributed by atoms with E-state index in [4.69, 9.17) is 9.26 Å². The molecule has 2 aromatic carbocycles. The summed E-state index contributed by atoms with van der Waals surface area (Å²) in [5.74, 6) is 0.919. The van der Waals surface area contributed by atoms with Crippen LogP contribution in [0.4, 0.5) is 4.39 Å². The molecule has 0 radical (unpaired) electrons. The molecular formula is C24H24FN3O3. The number of carbonyl (C=O) groups excluding carboxylic acids is 1. The molecule has 4 rings (SSSR count). The molecule has 3 aromatic rings. The maximum Gasteiger partial charge on any atom is 0.260 e. The van der Waals surface area contributed by atoms with E-state index >= 15 is 0 Å². The maximum absolute atomic E-state index is 13.0. The minimum atomic E-state index is -0.289. The van der Waals surface area contributed by atoms with Crippen LogP contribution in [0.1, 0.15) is 37.1 Å². The summed E-state index contributed by atoms with van der Waals surface area (Å²) in [5.41, 5.74) is 1.47. The SMILES string of the molecule is O=C(COc1ccccc1-c1noc(/C=C/c2ccc(F)cc2)n1)N1CCCCCC1. The molecule has 1 saturated heterocycles. The number of nitrogens with zero attached hydrogens (tertiary/aromatic N) is 3. The fourth-order valence-electron chi connectivity index (χ4n) is 3.48. The van der Waals surface area contributed by atoms with Crippen molar-refractivity contribution in [1.82, 2.24) is 15.0 Å². The lowest BCUT2D eigenvalue weighted by atomic mass is 10.2. The summed E-state index contributed by atoms with van der Waals surface area (Å²) in [7, 11) is 0. The molecule has 0 bridgehead atoms. The third kappa shape index (κ3) is 5.57. The normalized spacial score (nSPS) is 14.5. The zero-order valence-corrected chi connectivity index (χ0v) is 17.2. The average molecular weight is 421 g/mol. The molecule has 0 N–H and O–H groups in total. The van der Waals surface area contributed by atoms with Crippen LogP contribution in [0.3, 0.4) is 0 Å². The van der Waals surface area contributed by atoms with E-state index in [0.717, 1.165) is 31.5 Å². The Bertz CT molecular complexity index is 1040. The highest BCUT2D eigenvalue weighted by atomic mass is 19.1. The van der Waals surface area contributed by atoms with Gasteiger partial charge in [0.25, 0.3) is 11.8 Å². The van der Waals surface area contributed by atoms with E-state index in [2.05, 4.69) is 10.1 Å². The summed E-state index contributed by atoms with van der Waals surface area (Å²) >= 11 is 0. The lowest BCUT2D eigenvalue weighted by Gasteiger charge is -2.20. The number of amides is 1. The van der Waals surface area contributed by atoms with Crippen LogP contribution in [-0.4, -0.2) is 40.6 Å². The number of rotatable bonds is 6. The minimum absolute atomic E-state index is 0.00673. The van der Waals surface area contributed by atoms with Gasteiger partial charge in [-0.05, 0) is 48.7 Å². The Kier molecular flexibility index (Phi) is 6.72. The van der Waals surface area contributed by atoms with E-state index in [0.29, 0.717) is 23.0 Å². The summed E-state index contributed by atoms with van der Waals surface area (Å²) in [6.07, 6.45) is 7.85. The average Bonchev–Trinajstić information content (AvgIpc) is 3.10. The van der Waals surface area contributed by atoms with Crippen molar-refractivity contribution in [1.29, 1.82) is 0 Å². The molecule has 0 unspecified atom stereocenters. The Balaban J connectivity index is 1.43. The molecule has 0 aliphatic carbocycles. The fraction of sp³-hybridized carbons (Fsp3) is 0.292. The number of likely N-dealkylation sites (tertiary alicyclic amines) is 1. The van der Waals surface area contributed by atoms with Gasteiger partial charge in [0.15, 0.2) is 6.61 Å². The molecule has 1 amide bonds. The Hall–Kier alpha value is -3.48. The van der Waals surface area contributed by atoms with E-state index < -0.39 is 0 Å². The monoisotopic (exact) mass is 421 g/mol. The molecule has 1 aliphatic rings. The Morgan fingerprint density at radius 1 is 1.03 bits per heavy atom. The first-order valence-electron chi connectivity index (χ1n) is 10.5. The number of benzene rings is 2. The topological polar surface area (TPSA) is 68.5 Å². The number of carbonyl (C=O) groups is 1. The van der Waals surface area contributed by atoms with Crippen LogP contribution in [-0.2, 0) is 4.79 Å². The predicted molar refractivity (Wildman–Crippen MR) is 116 cm³/mol. The quantitative estimate of drug-likeness (QED) is 0.570. The number of halogens is 1. The smallest absolute Gasteiger partial charge is 0.260 e. The Morgan fingerprint density at radius 3 is 2.55 bits per heavy atom. The third-order valence-electron chi connectivity index (χ3n) is 5.17. The van der Waals surface area contributed by atoms with Crippen LogP contribution in [0.5, 0.6) is 5.75 Å². The van der Waals surface area contributed by atoms with Crippen molar-refractivity contribution >= 4 is 18.1 Å². The van der Waals surface area contributed by atoms with Gasteiger partial charge < -0.3 is 14.2 Å². The fourth-order valence-corrected chi connectivity index (χ4v) is 3.48. The van der Waals surface area contributed by atoms with Crippen molar-refractivity contribution in [3.63, 3.8) is 0 Å². The Labute approximate surface area is 180 Å². The van der Waals surface area contributed by atoms with Crippen LogP contribution in [0.15, 0.2) is 53.1 Å². The maximum atomic E-state index is 13.0. The molecule has 1 aliphatic heterocycles. The lowest BCUT2D eigenvalue weighted by molar-refractivity contribution is -0.133. The van der Waals surface area contributed by atoms with E-state index in [1.807, 2.05) is 23.1 Å². The second-order valence-electron chi connectivity index (χ2n) is 7.42. The van der Waals surface area contributed by atoms with Crippen LogP contribution in [0.2, 0.25) is 0 Å². The van der Waals surface area contributed by atoms with Gasteiger partial charge in [-0.25, -0.2) is 4.39 Å². The highest BCUT2D eigenvalue weighted by Crippen LogP contribution is 2.28. The first kappa shape index (κ1) is 20.8. The molecule has 0 spiro atoms. The summed E-state index contributed by atoms with van der Waals surface area (Å²) in [6.45, 7) is 1.56. The van der Waals surface area contributed by atoms with Crippen molar-refractivity contribution in [2.75, 3.05) is 19.7 Å². The van der Waals surface area contributed by atoms with Crippen molar-refractivity contribution in [2.45, 2.75) is 25.7 Å². The van der Waals surface area contributed by atoms with E-state index in [9.17, 15) is 9.18 Å². The second-order valence-corrected chi connectivity index (χ2v) is 7.42. The second kappa shape index (κ2) is 10.0. The number of para-hydroxylation sites is 1. The number of ether oxygens (including phenoxy) is 1. The molecule has 160 valence electrons. The first-order valence-corrected chi connectivity index (χ1v) is 10.5. The minimum Gasteiger partial charge on any atom is -0.483 e. The highest BCUT2D eigenvalue weighted by molar-refractivity contribution is 5.78. The van der Waals surface area contributed by atoms with Crippen molar-refractivity contribution < 1.29 is 18.4 Å². The summed E-state index contributed by atoms with van der Waals surface area (Å²) < 4.78 is 24.1.